The fraction of sp³-hybridized carbons (Fsp3) is 0. The average Bonchev–Trinajstić information content (AvgIpc) is 3.66. The van der Waals surface area contributed by atoms with Crippen LogP contribution in [0, 0.1) is 0 Å². The second kappa shape index (κ2) is 14.7. The minimum absolute atomic E-state index is 1.10. The maximum atomic E-state index is 2.38. The van der Waals surface area contributed by atoms with Crippen LogP contribution in [0.15, 0.2) is 224 Å². The van der Waals surface area contributed by atoms with Crippen molar-refractivity contribution in [3.8, 4) is 55.6 Å². The summed E-state index contributed by atoms with van der Waals surface area (Å²) in [5, 5.41) is 2.62. The Kier molecular flexibility index (Phi) is 8.79. The third-order valence-electron chi connectivity index (χ3n) is 10.7. The Morgan fingerprint density at radius 3 is 1.43 bits per heavy atom. The highest BCUT2D eigenvalue weighted by molar-refractivity contribution is 7.25. The van der Waals surface area contributed by atoms with Crippen molar-refractivity contribution in [1.29, 1.82) is 0 Å². The lowest BCUT2D eigenvalue weighted by atomic mass is 9.90. The van der Waals surface area contributed by atoms with Gasteiger partial charge in [-0.05, 0) is 105 Å². The van der Waals surface area contributed by atoms with Gasteiger partial charge in [0.15, 0.2) is 0 Å². The lowest BCUT2D eigenvalue weighted by Crippen LogP contribution is -2.11. The monoisotopic (exact) mass is 731 g/mol. The molecule has 0 amide bonds. The van der Waals surface area contributed by atoms with E-state index in [1.807, 2.05) is 11.3 Å². The van der Waals surface area contributed by atoms with Crippen LogP contribution in [0.2, 0.25) is 0 Å². The number of hydrogen-bond donors (Lipinski definition) is 0. The van der Waals surface area contributed by atoms with Crippen LogP contribution in [0.5, 0.6) is 0 Å². The van der Waals surface area contributed by atoms with Crippen LogP contribution in [-0.4, -0.2) is 0 Å². The summed E-state index contributed by atoms with van der Waals surface area (Å²) in [7, 11) is 0. The molecule has 1 aromatic heterocycles. The molecule has 0 aliphatic rings. The predicted molar refractivity (Wildman–Crippen MR) is 241 cm³/mol. The van der Waals surface area contributed by atoms with Crippen LogP contribution in [0.1, 0.15) is 0 Å². The molecule has 10 aromatic rings. The fourth-order valence-corrected chi connectivity index (χ4v) is 9.01. The van der Waals surface area contributed by atoms with Crippen molar-refractivity contribution in [2.45, 2.75) is 0 Å². The molecule has 56 heavy (non-hydrogen) atoms. The van der Waals surface area contributed by atoms with Gasteiger partial charge < -0.3 is 4.90 Å². The first kappa shape index (κ1) is 33.6. The lowest BCUT2D eigenvalue weighted by Gasteiger charge is -2.28. The summed E-state index contributed by atoms with van der Waals surface area (Å²) >= 11 is 1.86. The van der Waals surface area contributed by atoms with Gasteiger partial charge in [-0.25, -0.2) is 0 Å². The number of para-hydroxylation sites is 1. The van der Waals surface area contributed by atoms with Crippen LogP contribution in [0.4, 0.5) is 17.1 Å². The van der Waals surface area contributed by atoms with Gasteiger partial charge in [0, 0.05) is 37.1 Å². The Morgan fingerprint density at radius 2 is 0.750 bits per heavy atom. The van der Waals surface area contributed by atoms with E-state index in [4.69, 9.17) is 0 Å². The first-order valence-electron chi connectivity index (χ1n) is 19.1. The topological polar surface area (TPSA) is 3.24 Å². The maximum absolute atomic E-state index is 2.38. The molecular weight excluding hydrogens is 695 g/mol. The molecule has 0 spiro atoms. The maximum Gasteiger partial charge on any atom is 0.0540 e. The lowest BCUT2D eigenvalue weighted by molar-refractivity contribution is 1.28. The standard InChI is InChI=1S/C54H37NS/c1-4-14-38(15-5-1)39-24-30-45(31-25-39)55(52-22-12-10-20-48(52)42-18-8-3-9-19-42)46-32-26-40(27-33-46)43-28-34-47(41-16-6-2-7-17-41)50(36-43)44-29-35-54-51(37-44)49-21-11-13-23-53(49)56-54/h1-37H. The highest BCUT2D eigenvalue weighted by Crippen LogP contribution is 2.43. The molecule has 0 atom stereocenters. The van der Waals surface area contributed by atoms with E-state index in [1.54, 1.807) is 0 Å². The number of fused-ring (bicyclic) bond motifs is 3. The number of hydrogen-bond acceptors (Lipinski definition) is 2. The van der Waals surface area contributed by atoms with Gasteiger partial charge in [0.2, 0.25) is 0 Å². The zero-order valence-corrected chi connectivity index (χ0v) is 31.5. The molecule has 0 N–H and O–H groups in total. The number of thiophene rings is 1. The number of benzene rings is 9. The van der Waals surface area contributed by atoms with E-state index in [-0.39, 0.29) is 0 Å². The van der Waals surface area contributed by atoms with Gasteiger partial charge in [-0.3, -0.25) is 0 Å². The van der Waals surface area contributed by atoms with E-state index < -0.39 is 0 Å². The van der Waals surface area contributed by atoms with E-state index in [0.29, 0.717) is 0 Å². The molecule has 0 saturated carbocycles. The Balaban J connectivity index is 1.08. The first-order valence-corrected chi connectivity index (χ1v) is 19.9. The van der Waals surface area contributed by atoms with E-state index in [2.05, 4.69) is 229 Å². The summed E-state index contributed by atoms with van der Waals surface area (Å²) in [4.78, 5) is 2.38. The summed E-state index contributed by atoms with van der Waals surface area (Å²) < 4.78 is 2.64. The van der Waals surface area contributed by atoms with Crippen molar-refractivity contribution in [1.82, 2.24) is 0 Å². The third-order valence-corrected chi connectivity index (χ3v) is 11.9. The molecule has 0 radical (unpaired) electrons. The van der Waals surface area contributed by atoms with E-state index in [1.165, 1.54) is 75.8 Å². The second-order valence-electron chi connectivity index (χ2n) is 14.1. The fourth-order valence-electron chi connectivity index (χ4n) is 7.92. The molecule has 0 bridgehead atoms. The number of nitrogens with zero attached hydrogens (tertiary/aromatic N) is 1. The molecule has 2 heteroatoms. The number of anilines is 3. The van der Waals surface area contributed by atoms with Crippen LogP contribution in [0.3, 0.4) is 0 Å². The minimum atomic E-state index is 1.10. The van der Waals surface area contributed by atoms with Gasteiger partial charge in [-0.2, -0.15) is 0 Å². The summed E-state index contributed by atoms with van der Waals surface area (Å²) in [6.07, 6.45) is 0. The van der Waals surface area contributed by atoms with E-state index in [9.17, 15) is 0 Å². The molecule has 9 aromatic carbocycles. The van der Waals surface area contributed by atoms with Crippen molar-refractivity contribution in [3.63, 3.8) is 0 Å². The molecule has 0 saturated heterocycles. The van der Waals surface area contributed by atoms with Crippen LogP contribution in [-0.2, 0) is 0 Å². The summed E-state index contributed by atoms with van der Waals surface area (Å²) in [6, 6.07) is 81.3. The molecule has 0 aliphatic heterocycles. The highest BCUT2D eigenvalue weighted by atomic mass is 32.1. The summed E-state index contributed by atoms with van der Waals surface area (Å²) in [5.41, 5.74) is 15.4. The molecule has 10 rings (SSSR count). The van der Waals surface area contributed by atoms with E-state index >= 15 is 0 Å². The molecule has 0 fully saturated rings. The van der Waals surface area contributed by atoms with Crippen LogP contribution < -0.4 is 4.90 Å². The second-order valence-corrected chi connectivity index (χ2v) is 15.2. The Labute approximate surface area is 332 Å². The smallest absolute Gasteiger partial charge is 0.0540 e. The Hall–Kier alpha value is -7.00. The third kappa shape index (κ3) is 6.36. The van der Waals surface area contributed by atoms with Gasteiger partial charge in [-0.15, -0.1) is 11.3 Å². The largest absolute Gasteiger partial charge is 0.310 e. The molecule has 1 nitrogen and oxygen atoms in total. The summed E-state index contributed by atoms with van der Waals surface area (Å²) in [6.45, 7) is 0. The molecule has 264 valence electrons. The van der Waals surface area contributed by atoms with Crippen molar-refractivity contribution >= 4 is 48.6 Å². The van der Waals surface area contributed by atoms with Gasteiger partial charge in [0.25, 0.3) is 0 Å². The zero-order valence-electron chi connectivity index (χ0n) is 30.7. The quantitative estimate of drug-likeness (QED) is 0.150. The highest BCUT2D eigenvalue weighted by Gasteiger charge is 2.18. The number of rotatable bonds is 8. The van der Waals surface area contributed by atoms with Gasteiger partial charge in [-0.1, -0.05) is 170 Å². The predicted octanol–water partition coefficient (Wildman–Crippen LogP) is 15.9. The van der Waals surface area contributed by atoms with Gasteiger partial charge >= 0.3 is 0 Å². The molecule has 1 heterocycles. The summed E-state index contributed by atoms with van der Waals surface area (Å²) in [5.74, 6) is 0. The first-order chi connectivity index (χ1) is 27.8. The van der Waals surface area contributed by atoms with Crippen molar-refractivity contribution < 1.29 is 0 Å². The minimum Gasteiger partial charge on any atom is -0.310 e. The Morgan fingerprint density at radius 1 is 0.268 bits per heavy atom. The normalized spacial score (nSPS) is 11.2. The molecule has 0 aliphatic carbocycles. The SMILES string of the molecule is c1ccc(-c2ccc(N(c3ccc(-c4ccc(-c5ccccc5)c(-c5ccc6sc7ccccc7c6c5)c4)cc3)c3ccccc3-c3ccccc3)cc2)cc1. The van der Waals surface area contributed by atoms with Crippen molar-refractivity contribution in [2.75, 3.05) is 4.90 Å². The van der Waals surface area contributed by atoms with Crippen LogP contribution >= 0.6 is 11.3 Å². The van der Waals surface area contributed by atoms with Gasteiger partial charge in [0.1, 0.15) is 0 Å². The van der Waals surface area contributed by atoms with E-state index in [0.717, 1.165) is 17.1 Å². The zero-order chi connectivity index (χ0) is 37.3. The molecule has 0 unspecified atom stereocenters. The van der Waals surface area contributed by atoms with Crippen molar-refractivity contribution in [3.05, 3.63) is 224 Å². The Bertz CT molecular complexity index is 2930. The van der Waals surface area contributed by atoms with Gasteiger partial charge in [0.05, 0.1) is 5.69 Å². The van der Waals surface area contributed by atoms with Crippen molar-refractivity contribution in [2.24, 2.45) is 0 Å². The molecular formula is C54H37NS. The average molecular weight is 732 g/mol. The van der Waals surface area contributed by atoms with Crippen LogP contribution in [0.25, 0.3) is 75.8 Å².